The zero-order valence-corrected chi connectivity index (χ0v) is 31.3. The number of phenolic OH excluding ortho intramolecular Hbond substituents is 1. The number of aryl methyl sites for hydroxylation is 1. The molecule has 1 amide bonds. The lowest BCUT2D eigenvalue weighted by Crippen LogP contribution is -2.42. The van der Waals surface area contributed by atoms with Crippen LogP contribution >= 0.6 is 0 Å². The van der Waals surface area contributed by atoms with Crippen molar-refractivity contribution in [2.75, 3.05) is 19.7 Å². The van der Waals surface area contributed by atoms with E-state index >= 15 is 0 Å². The molecule has 3 aliphatic rings. The summed E-state index contributed by atoms with van der Waals surface area (Å²) in [4.78, 5) is 15.4. The van der Waals surface area contributed by atoms with Crippen LogP contribution in [0.15, 0.2) is 84.7 Å². The summed E-state index contributed by atoms with van der Waals surface area (Å²) in [7, 11) is 0. The number of aromatic hydroxyl groups is 1. The maximum atomic E-state index is 13.5. The number of hydrogen-bond donors (Lipinski definition) is 5. The van der Waals surface area contributed by atoms with Crippen molar-refractivity contribution in [1.29, 1.82) is 0 Å². The van der Waals surface area contributed by atoms with Gasteiger partial charge in [-0.2, -0.15) is 0 Å². The minimum atomic E-state index is -0.615. The molecular formula is C44H54N4O6. The van der Waals surface area contributed by atoms with Gasteiger partial charge in [-0.3, -0.25) is 4.79 Å². The number of likely N-dealkylation sites (tertiary alicyclic amines) is 1. The molecule has 1 aromatic heterocycles. The highest BCUT2D eigenvalue weighted by molar-refractivity contribution is 5.88. The zero-order valence-electron chi connectivity index (χ0n) is 31.3. The number of rotatable bonds is 9. The summed E-state index contributed by atoms with van der Waals surface area (Å²) in [5.41, 5.74) is 11.7. The normalized spacial score (nSPS) is 21.1. The van der Waals surface area contributed by atoms with Crippen molar-refractivity contribution in [2.24, 2.45) is 5.73 Å². The van der Waals surface area contributed by atoms with Gasteiger partial charge in [-0.1, -0.05) is 68.7 Å². The van der Waals surface area contributed by atoms with Crippen molar-refractivity contribution >= 4 is 22.5 Å². The van der Waals surface area contributed by atoms with E-state index in [1.165, 1.54) is 0 Å². The van der Waals surface area contributed by atoms with E-state index in [1.54, 1.807) is 12.1 Å². The molecule has 0 spiro atoms. The van der Waals surface area contributed by atoms with Gasteiger partial charge in [-0.05, 0) is 84.2 Å². The quantitative estimate of drug-likeness (QED) is 0.124. The lowest BCUT2D eigenvalue weighted by Gasteiger charge is -2.32. The third kappa shape index (κ3) is 8.68. The number of amides is 1. The molecule has 4 atom stereocenters. The van der Waals surface area contributed by atoms with Crippen LogP contribution in [0.5, 0.6) is 11.5 Å². The molecule has 286 valence electrons. The number of carbonyl (C=O) groups excluding carboxylic acids is 1. The molecule has 4 heterocycles. The van der Waals surface area contributed by atoms with Gasteiger partial charge in [-0.15, -0.1) is 0 Å². The molecule has 0 saturated carbocycles. The second-order valence-corrected chi connectivity index (χ2v) is 15.0. The number of nitrogens with zero attached hydrogens (tertiary/aromatic N) is 2. The topological polar surface area (TPSA) is 142 Å². The first-order chi connectivity index (χ1) is 26.3. The number of carbonyl (C=O) groups is 1. The Morgan fingerprint density at radius 1 is 1.04 bits per heavy atom. The highest BCUT2D eigenvalue weighted by Crippen LogP contribution is 2.37. The molecule has 0 radical (unpaired) electrons. The number of aliphatic hydroxyl groups is 2. The zero-order chi connectivity index (χ0) is 37.6. The number of benzene rings is 3. The van der Waals surface area contributed by atoms with E-state index in [-0.39, 0.29) is 43.1 Å². The first kappa shape index (κ1) is 37.7. The Morgan fingerprint density at radius 3 is 2.63 bits per heavy atom. The number of ether oxygens (including phenoxy) is 2. The van der Waals surface area contributed by atoms with E-state index in [1.807, 2.05) is 35.3 Å². The predicted octanol–water partition coefficient (Wildman–Crippen LogP) is 6.45. The average Bonchev–Trinajstić information content (AvgIpc) is 3.59. The van der Waals surface area contributed by atoms with Crippen molar-refractivity contribution in [3.63, 3.8) is 0 Å². The summed E-state index contributed by atoms with van der Waals surface area (Å²) < 4.78 is 15.1. The van der Waals surface area contributed by atoms with E-state index in [0.717, 1.165) is 89.6 Å². The van der Waals surface area contributed by atoms with Gasteiger partial charge in [0.1, 0.15) is 12.4 Å². The maximum absolute atomic E-state index is 13.5. The summed E-state index contributed by atoms with van der Waals surface area (Å²) in [6.45, 7) is 4.02. The molecule has 7 rings (SSSR count). The molecule has 54 heavy (non-hydrogen) atoms. The Kier molecular flexibility index (Phi) is 12.0. The summed E-state index contributed by atoms with van der Waals surface area (Å²) in [5.74, 6) is 1.03. The van der Waals surface area contributed by atoms with E-state index in [9.17, 15) is 20.1 Å². The molecule has 1 unspecified atom stereocenters. The van der Waals surface area contributed by atoms with Gasteiger partial charge in [-0.25, -0.2) is 0 Å². The second-order valence-electron chi connectivity index (χ2n) is 15.0. The molecular weight excluding hydrogens is 681 g/mol. The number of aliphatic hydroxyl groups excluding tert-OH is 2. The van der Waals surface area contributed by atoms with Gasteiger partial charge < -0.3 is 45.3 Å². The fourth-order valence-electron chi connectivity index (χ4n) is 7.89. The summed E-state index contributed by atoms with van der Waals surface area (Å²) in [5, 5.41) is 37.9. The molecule has 10 heteroatoms. The van der Waals surface area contributed by atoms with E-state index in [0.29, 0.717) is 43.6 Å². The fourth-order valence-corrected chi connectivity index (χ4v) is 7.89. The third-order valence-corrected chi connectivity index (χ3v) is 11.1. The van der Waals surface area contributed by atoms with Gasteiger partial charge >= 0.3 is 0 Å². The van der Waals surface area contributed by atoms with Crippen LogP contribution in [0.1, 0.15) is 92.0 Å². The van der Waals surface area contributed by atoms with Crippen LogP contribution in [0.2, 0.25) is 0 Å². The van der Waals surface area contributed by atoms with Gasteiger partial charge in [0.25, 0.3) is 0 Å². The molecule has 3 aliphatic heterocycles. The Bertz CT molecular complexity index is 1980. The van der Waals surface area contributed by atoms with Crippen molar-refractivity contribution < 1.29 is 29.6 Å². The average molecular weight is 735 g/mol. The molecule has 10 nitrogen and oxygen atoms in total. The minimum absolute atomic E-state index is 0.0589. The second kappa shape index (κ2) is 17.2. The number of fused-ring (bicyclic) bond motifs is 4. The fraction of sp³-hybridized carbons (Fsp3) is 0.432. The maximum Gasteiger partial charge on any atom is 0.223 e. The van der Waals surface area contributed by atoms with Crippen LogP contribution in [-0.2, 0) is 29.2 Å². The van der Waals surface area contributed by atoms with Gasteiger partial charge in [0.05, 0.1) is 31.6 Å². The van der Waals surface area contributed by atoms with E-state index in [4.69, 9.17) is 15.2 Å². The molecule has 1 saturated heterocycles. The lowest BCUT2D eigenvalue weighted by atomic mass is 9.86. The SMILES string of the molecule is CCCCC[C@H]1C[C@H](O)CCc2cc(c(O)cc2CO)OCc2cc([C@H](CC(=O)N3CCC3)c3ccccc3)cc3cn(cc23)C2=C(C=CC(N)N2)CO1. The molecule has 4 aromatic rings. The monoisotopic (exact) mass is 734 g/mol. The van der Waals surface area contributed by atoms with Crippen molar-refractivity contribution in [2.45, 2.75) is 102 Å². The van der Waals surface area contributed by atoms with Crippen LogP contribution < -0.4 is 15.8 Å². The molecule has 6 N–H and O–H groups in total. The number of unbranched alkanes of at least 4 members (excludes halogenated alkanes) is 2. The Balaban J connectivity index is 1.34. The van der Waals surface area contributed by atoms with Crippen molar-refractivity contribution in [3.8, 4) is 11.5 Å². The molecule has 0 aliphatic carbocycles. The largest absolute Gasteiger partial charge is 0.504 e. The standard InChI is InChI=1S/C44H54N4O6/c1-2-3-5-11-37-22-36(50)14-12-30-21-41(40(51)20-34(30)26-49)54-28-35-19-32(38(29-9-6-4-7-10-29)23-43(52)47-16-8-17-47)18-33-24-48(25-39(33)35)44-31(27-53-37)13-15-42(45)46-44/h4,6-7,9-10,13,15,18-21,24-25,36-38,42,46,49-51H,2-3,5,8,11-12,14,16-17,22-23,26-28,45H2,1H3/t36-,37+,38-,42?/m1/s1. The Labute approximate surface area is 317 Å². The van der Waals surface area contributed by atoms with Crippen LogP contribution in [0.25, 0.3) is 16.6 Å². The van der Waals surface area contributed by atoms with Gasteiger partial charge in [0.15, 0.2) is 11.5 Å². The molecule has 1 fully saturated rings. The summed E-state index contributed by atoms with van der Waals surface area (Å²) in [6.07, 6.45) is 13.8. The first-order valence-corrected chi connectivity index (χ1v) is 19.6. The van der Waals surface area contributed by atoms with E-state index in [2.05, 4.69) is 53.5 Å². The van der Waals surface area contributed by atoms with Gasteiger partial charge in [0.2, 0.25) is 5.91 Å². The van der Waals surface area contributed by atoms with Crippen LogP contribution in [0.3, 0.4) is 0 Å². The van der Waals surface area contributed by atoms with E-state index < -0.39 is 6.10 Å². The third-order valence-electron chi connectivity index (χ3n) is 11.1. The number of nitrogens with two attached hydrogens (primary N) is 1. The van der Waals surface area contributed by atoms with Crippen LogP contribution in [0, 0.1) is 0 Å². The summed E-state index contributed by atoms with van der Waals surface area (Å²) >= 11 is 0. The predicted molar refractivity (Wildman–Crippen MR) is 211 cm³/mol. The van der Waals surface area contributed by atoms with Gasteiger partial charge in [0, 0.05) is 54.2 Å². The molecule has 3 aromatic carbocycles. The van der Waals surface area contributed by atoms with Crippen LogP contribution in [0.4, 0.5) is 0 Å². The van der Waals surface area contributed by atoms with Crippen molar-refractivity contribution in [3.05, 3.63) is 113 Å². The summed E-state index contributed by atoms with van der Waals surface area (Å²) in [6, 6.07) is 17.8. The minimum Gasteiger partial charge on any atom is -0.504 e. The number of nitrogens with one attached hydrogen (secondary N) is 1. The van der Waals surface area contributed by atoms with Crippen molar-refractivity contribution in [1.82, 2.24) is 14.8 Å². The first-order valence-electron chi connectivity index (χ1n) is 19.6. The van der Waals surface area contributed by atoms with Crippen LogP contribution in [-0.4, -0.2) is 68.8 Å². The highest BCUT2D eigenvalue weighted by Gasteiger charge is 2.27. The number of aromatic nitrogens is 1. The Hall–Kier alpha value is -4.61. The Morgan fingerprint density at radius 2 is 1.87 bits per heavy atom. The molecule has 4 bridgehead atoms. The number of hydrogen-bond acceptors (Lipinski definition) is 8. The lowest BCUT2D eigenvalue weighted by molar-refractivity contribution is -0.134. The highest BCUT2D eigenvalue weighted by atomic mass is 16.5. The number of phenols is 1. The number of dihydropyridines is 1. The smallest absolute Gasteiger partial charge is 0.223 e.